The van der Waals surface area contributed by atoms with E-state index in [1.165, 1.54) is 4.88 Å². The second-order valence-corrected chi connectivity index (χ2v) is 5.75. The fourth-order valence-electron chi connectivity index (χ4n) is 1.77. The first-order valence-electron chi connectivity index (χ1n) is 6.01. The summed E-state index contributed by atoms with van der Waals surface area (Å²) in [6, 6.07) is 3.75. The minimum atomic E-state index is 0.701. The van der Waals surface area contributed by atoms with Gasteiger partial charge in [0.1, 0.15) is 5.82 Å². The van der Waals surface area contributed by atoms with Crippen LogP contribution in [0.2, 0.25) is 5.02 Å². The van der Waals surface area contributed by atoms with Crippen LogP contribution in [0.25, 0.3) is 0 Å². The van der Waals surface area contributed by atoms with Crippen molar-refractivity contribution in [3.63, 3.8) is 0 Å². The number of hydrogen-bond acceptors (Lipinski definition) is 5. The Morgan fingerprint density at radius 2 is 2.16 bits per heavy atom. The summed E-state index contributed by atoms with van der Waals surface area (Å²) in [7, 11) is 3.91. The average molecular weight is 297 g/mol. The van der Waals surface area contributed by atoms with Gasteiger partial charge in [-0.2, -0.15) is 0 Å². The molecule has 0 aliphatic carbocycles. The van der Waals surface area contributed by atoms with Crippen molar-refractivity contribution in [1.82, 2.24) is 14.9 Å². The van der Waals surface area contributed by atoms with Crippen molar-refractivity contribution in [2.24, 2.45) is 0 Å². The Labute approximate surface area is 122 Å². The number of pyridine rings is 1. The van der Waals surface area contributed by atoms with E-state index >= 15 is 0 Å². The van der Waals surface area contributed by atoms with Crippen molar-refractivity contribution in [3.8, 4) is 0 Å². The summed E-state index contributed by atoms with van der Waals surface area (Å²) < 4.78 is 0. The molecule has 2 rings (SSSR count). The highest BCUT2D eigenvalue weighted by atomic mass is 35.5. The zero-order valence-corrected chi connectivity index (χ0v) is 12.8. The summed E-state index contributed by atoms with van der Waals surface area (Å²) in [5.74, 6) is 0.835. The predicted octanol–water partition coefficient (Wildman–Crippen LogP) is 3.17. The Balaban J connectivity index is 2.06. The SMILES string of the molecule is CNc1ccc(Cl)c(CN(C)Cc2scnc2C)n1. The number of nitrogens with zero attached hydrogens (tertiary/aromatic N) is 3. The minimum absolute atomic E-state index is 0.701. The van der Waals surface area contributed by atoms with Crippen LogP contribution in [0.15, 0.2) is 17.6 Å². The third-order valence-electron chi connectivity index (χ3n) is 2.85. The summed E-state index contributed by atoms with van der Waals surface area (Å²) in [4.78, 5) is 12.2. The summed E-state index contributed by atoms with van der Waals surface area (Å²) in [5.41, 5.74) is 3.86. The normalized spacial score (nSPS) is 11.0. The molecule has 0 spiro atoms. The van der Waals surface area contributed by atoms with E-state index in [4.69, 9.17) is 11.6 Å². The lowest BCUT2D eigenvalue weighted by molar-refractivity contribution is 0.317. The number of nitrogens with one attached hydrogen (secondary N) is 1. The van der Waals surface area contributed by atoms with Crippen molar-refractivity contribution in [1.29, 1.82) is 0 Å². The summed E-state index contributed by atoms with van der Waals surface area (Å²) in [6.07, 6.45) is 0. The topological polar surface area (TPSA) is 41.0 Å². The fourth-order valence-corrected chi connectivity index (χ4v) is 2.79. The van der Waals surface area contributed by atoms with Crippen LogP contribution in [0.1, 0.15) is 16.3 Å². The zero-order chi connectivity index (χ0) is 13.8. The van der Waals surface area contributed by atoms with Gasteiger partial charge in [0.15, 0.2) is 0 Å². The summed E-state index contributed by atoms with van der Waals surface area (Å²) in [5, 5.41) is 3.73. The van der Waals surface area contributed by atoms with Crippen LogP contribution in [-0.4, -0.2) is 29.0 Å². The average Bonchev–Trinajstić information content (AvgIpc) is 2.78. The summed E-state index contributed by atoms with van der Waals surface area (Å²) in [6.45, 7) is 3.61. The third-order valence-corrected chi connectivity index (χ3v) is 4.12. The minimum Gasteiger partial charge on any atom is -0.373 e. The molecular weight excluding hydrogens is 280 g/mol. The molecule has 0 saturated heterocycles. The highest BCUT2D eigenvalue weighted by Gasteiger charge is 2.10. The van der Waals surface area contributed by atoms with E-state index in [-0.39, 0.29) is 0 Å². The molecule has 6 heteroatoms. The molecule has 102 valence electrons. The molecule has 0 unspecified atom stereocenters. The Kier molecular flexibility index (Phi) is 4.74. The fraction of sp³-hybridized carbons (Fsp3) is 0.385. The van der Waals surface area contributed by atoms with Crippen molar-refractivity contribution >= 4 is 28.8 Å². The highest BCUT2D eigenvalue weighted by molar-refractivity contribution is 7.09. The van der Waals surface area contributed by atoms with Gasteiger partial charge in [-0.25, -0.2) is 9.97 Å². The van der Waals surface area contributed by atoms with E-state index in [9.17, 15) is 0 Å². The lowest BCUT2D eigenvalue weighted by Gasteiger charge is -2.16. The Morgan fingerprint density at radius 1 is 1.37 bits per heavy atom. The van der Waals surface area contributed by atoms with Crippen molar-refractivity contribution in [2.45, 2.75) is 20.0 Å². The van der Waals surface area contributed by atoms with Gasteiger partial charge in [-0.15, -0.1) is 11.3 Å². The number of hydrogen-bond donors (Lipinski definition) is 1. The molecule has 0 radical (unpaired) electrons. The lowest BCUT2D eigenvalue weighted by atomic mass is 10.3. The van der Waals surface area contributed by atoms with Crippen LogP contribution in [0.5, 0.6) is 0 Å². The maximum absolute atomic E-state index is 6.18. The number of rotatable bonds is 5. The Bertz CT molecular complexity index is 555. The molecule has 0 aliphatic rings. The molecule has 0 bridgehead atoms. The second-order valence-electron chi connectivity index (χ2n) is 4.41. The van der Waals surface area contributed by atoms with Crippen LogP contribution >= 0.6 is 22.9 Å². The predicted molar refractivity (Wildman–Crippen MR) is 80.8 cm³/mol. The van der Waals surface area contributed by atoms with Crippen molar-refractivity contribution < 1.29 is 0 Å². The van der Waals surface area contributed by atoms with Crippen LogP contribution in [0, 0.1) is 6.92 Å². The number of anilines is 1. The monoisotopic (exact) mass is 296 g/mol. The number of thiazole rings is 1. The van der Waals surface area contributed by atoms with Gasteiger partial charge in [0.05, 0.1) is 21.9 Å². The maximum atomic E-state index is 6.18. The lowest BCUT2D eigenvalue weighted by Crippen LogP contribution is -2.18. The molecule has 2 aromatic heterocycles. The van der Waals surface area contributed by atoms with Gasteiger partial charge in [0, 0.05) is 25.0 Å². The molecule has 0 amide bonds. The van der Waals surface area contributed by atoms with Gasteiger partial charge in [-0.1, -0.05) is 11.6 Å². The molecule has 19 heavy (non-hydrogen) atoms. The highest BCUT2D eigenvalue weighted by Crippen LogP contribution is 2.20. The molecule has 0 atom stereocenters. The molecule has 1 N–H and O–H groups in total. The number of aryl methyl sites for hydroxylation is 1. The van der Waals surface area contributed by atoms with Crippen LogP contribution in [-0.2, 0) is 13.1 Å². The van der Waals surface area contributed by atoms with Gasteiger partial charge in [0.2, 0.25) is 0 Å². The molecule has 4 nitrogen and oxygen atoms in total. The van der Waals surface area contributed by atoms with Gasteiger partial charge >= 0.3 is 0 Å². The van der Waals surface area contributed by atoms with E-state index in [0.717, 1.165) is 23.8 Å². The van der Waals surface area contributed by atoms with Gasteiger partial charge < -0.3 is 5.32 Å². The Morgan fingerprint density at radius 3 is 2.79 bits per heavy atom. The molecule has 0 saturated carbocycles. The quantitative estimate of drug-likeness (QED) is 0.920. The molecule has 0 aromatic carbocycles. The number of halogens is 1. The number of aromatic nitrogens is 2. The van der Waals surface area contributed by atoms with Gasteiger partial charge in [0.25, 0.3) is 0 Å². The zero-order valence-electron chi connectivity index (χ0n) is 11.3. The smallest absolute Gasteiger partial charge is 0.126 e. The largest absolute Gasteiger partial charge is 0.373 e. The van der Waals surface area contributed by atoms with Gasteiger partial charge in [-0.3, -0.25) is 4.90 Å². The first-order chi connectivity index (χ1) is 9.10. The standard InChI is InChI=1S/C13H17ClN4S/c1-9-12(19-8-16-9)7-18(3)6-11-10(14)4-5-13(15-2)17-11/h4-5,8H,6-7H2,1-3H3,(H,15,17). The van der Waals surface area contributed by atoms with E-state index in [2.05, 4.69) is 27.2 Å². The second kappa shape index (κ2) is 6.32. The van der Waals surface area contributed by atoms with E-state index in [1.54, 1.807) is 11.3 Å². The van der Waals surface area contributed by atoms with Crippen LogP contribution in [0.3, 0.4) is 0 Å². The van der Waals surface area contributed by atoms with E-state index < -0.39 is 0 Å². The molecule has 2 heterocycles. The maximum Gasteiger partial charge on any atom is 0.126 e. The molecule has 0 fully saturated rings. The molecule has 2 aromatic rings. The molecular formula is C13H17ClN4S. The van der Waals surface area contributed by atoms with E-state index in [0.29, 0.717) is 11.6 Å². The van der Waals surface area contributed by atoms with Crippen molar-refractivity contribution in [2.75, 3.05) is 19.4 Å². The van der Waals surface area contributed by atoms with E-state index in [1.807, 2.05) is 31.6 Å². The van der Waals surface area contributed by atoms with Gasteiger partial charge in [-0.05, 0) is 26.1 Å². The third kappa shape index (κ3) is 3.65. The Hall–Kier alpha value is -1.17. The summed E-state index contributed by atoms with van der Waals surface area (Å²) >= 11 is 7.87. The molecule has 0 aliphatic heterocycles. The van der Waals surface area contributed by atoms with Crippen molar-refractivity contribution in [3.05, 3.63) is 38.9 Å². The van der Waals surface area contributed by atoms with Crippen LogP contribution in [0.4, 0.5) is 5.82 Å². The first-order valence-corrected chi connectivity index (χ1v) is 7.26. The first kappa shape index (κ1) is 14.2. The van der Waals surface area contributed by atoms with Crippen LogP contribution < -0.4 is 5.32 Å².